The zero-order valence-corrected chi connectivity index (χ0v) is 16.6. The molecule has 0 spiro atoms. The molecular weight excluding hydrogens is 399 g/mol. The number of likely N-dealkylation sites (tertiary alicyclic amines) is 1. The van der Waals surface area contributed by atoms with Gasteiger partial charge < -0.3 is 14.8 Å². The number of benzene rings is 1. The quantitative estimate of drug-likeness (QED) is 0.703. The Kier molecular flexibility index (Phi) is 7.15. The van der Waals surface area contributed by atoms with Gasteiger partial charge in [-0.2, -0.15) is 13.2 Å². The van der Waals surface area contributed by atoms with Crippen LogP contribution < -0.4 is 14.8 Å². The van der Waals surface area contributed by atoms with E-state index in [0.29, 0.717) is 6.54 Å². The minimum atomic E-state index is -4.44. The van der Waals surface area contributed by atoms with Crippen molar-refractivity contribution in [1.29, 1.82) is 0 Å². The lowest BCUT2D eigenvalue weighted by Crippen LogP contribution is -2.36. The van der Waals surface area contributed by atoms with E-state index in [1.807, 2.05) is 24.3 Å². The number of amides is 1. The van der Waals surface area contributed by atoms with Crippen molar-refractivity contribution in [1.82, 2.24) is 15.2 Å². The molecule has 2 aromatic rings. The first kappa shape index (κ1) is 21.9. The van der Waals surface area contributed by atoms with E-state index >= 15 is 0 Å². The predicted octanol–water partition coefficient (Wildman–Crippen LogP) is 3.60. The van der Waals surface area contributed by atoms with Crippen LogP contribution in [0.25, 0.3) is 0 Å². The zero-order chi connectivity index (χ0) is 21.6. The number of methoxy groups -OCH3 is 1. The Labute approximate surface area is 173 Å². The van der Waals surface area contributed by atoms with Crippen LogP contribution in [-0.4, -0.2) is 55.3 Å². The Morgan fingerprint density at radius 3 is 2.43 bits per heavy atom. The molecule has 3 rings (SSSR count). The van der Waals surface area contributed by atoms with E-state index in [1.165, 1.54) is 18.3 Å². The number of nitrogens with one attached hydrogen (secondary N) is 1. The molecule has 0 saturated carbocycles. The fourth-order valence-electron chi connectivity index (χ4n) is 3.38. The molecule has 1 atom stereocenters. The number of nitrogens with zero attached hydrogens (tertiary/aromatic N) is 2. The van der Waals surface area contributed by atoms with Crippen molar-refractivity contribution < 1.29 is 27.4 Å². The van der Waals surface area contributed by atoms with Gasteiger partial charge in [-0.05, 0) is 49.7 Å². The Morgan fingerprint density at radius 2 is 1.87 bits per heavy atom. The summed E-state index contributed by atoms with van der Waals surface area (Å²) in [5, 5.41) is 2.91. The summed E-state index contributed by atoms with van der Waals surface area (Å²) in [4.78, 5) is 18.6. The van der Waals surface area contributed by atoms with Crippen molar-refractivity contribution in [3.05, 3.63) is 53.7 Å². The third kappa shape index (κ3) is 6.09. The molecule has 1 aromatic heterocycles. The topological polar surface area (TPSA) is 63.7 Å². The first-order chi connectivity index (χ1) is 14.4. The fraction of sp³-hybridized carbons (Fsp3) is 0.429. The molecule has 1 fully saturated rings. The molecule has 6 nitrogen and oxygen atoms in total. The number of carbonyl (C=O) groups is 1. The van der Waals surface area contributed by atoms with Crippen LogP contribution in [0.5, 0.6) is 11.6 Å². The van der Waals surface area contributed by atoms with Gasteiger partial charge in [-0.25, -0.2) is 4.98 Å². The molecule has 1 saturated heterocycles. The zero-order valence-electron chi connectivity index (χ0n) is 16.6. The van der Waals surface area contributed by atoms with Crippen LogP contribution >= 0.6 is 0 Å². The molecule has 0 bridgehead atoms. The molecule has 0 unspecified atom stereocenters. The second-order valence-corrected chi connectivity index (χ2v) is 7.03. The van der Waals surface area contributed by atoms with E-state index in [4.69, 9.17) is 4.74 Å². The van der Waals surface area contributed by atoms with Gasteiger partial charge in [0.15, 0.2) is 6.61 Å². The lowest BCUT2D eigenvalue weighted by atomic mass is 10.0. The van der Waals surface area contributed by atoms with Crippen molar-refractivity contribution in [2.45, 2.75) is 25.1 Å². The molecule has 0 aliphatic carbocycles. The minimum absolute atomic E-state index is 0.0182. The Bertz CT molecular complexity index is 820. The second-order valence-electron chi connectivity index (χ2n) is 7.03. The van der Waals surface area contributed by atoms with Crippen LogP contribution in [0.15, 0.2) is 42.6 Å². The van der Waals surface area contributed by atoms with Gasteiger partial charge in [0.1, 0.15) is 5.75 Å². The number of alkyl halides is 3. The largest absolute Gasteiger partial charge is 0.497 e. The molecule has 9 heteroatoms. The van der Waals surface area contributed by atoms with Gasteiger partial charge in [0, 0.05) is 18.8 Å². The third-order valence-corrected chi connectivity index (χ3v) is 4.92. The summed E-state index contributed by atoms with van der Waals surface area (Å²) in [6.07, 6.45) is -1.00. The summed E-state index contributed by atoms with van der Waals surface area (Å²) >= 11 is 0. The summed E-state index contributed by atoms with van der Waals surface area (Å²) in [5.74, 6) is 0.237. The van der Waals surface area contributed by atoms with Crippen LogP contribution in [0.3, 0.4) is 0 Å². The number of aromatic nitrogens is 1. The monoisotopic (exact) mass is 423 g/mol. The van der Waals surface area contributed by atoms with Gasteiger partial charge in [-0.3, -0.25) is 9.69 Å². The third-order valence-electron chi connectivity index (χ3n) is 4.92. The van der Waals surface area contributed by atoms with Crippen molar-refractivity contribution in [2.75, 3.05) is 33.4 Å². The average Bonchev–Trinajstić information content (AvgIpc) is 3.27. The summed E-state index contributed by atoms with van der Waals surface area (Å²) in [5.41, 5.74) is 1.33. The lowest BCUT2D eigenvalue weighted by molar-refractivity contribution is -0.154. The number of ether oxygens (including phenoxy) is 2. The van der Waals surface area contributed by atoms with Crippen LogP contribution in [0.2, 0.25) is 0 Å². The molecule has 30 heavy (non-hydrogen) atoms. The Hall–Kier alpha value is -2.81. The predicted molar refractivity (Wildman–Crippen MR) is 105 cm³/mol. The first-order valence-electron chi connectivity index (χ1n) is 9.67. The second kappa shape index (κ2) is 9.80. The number of hydrogen-bond acceptors (Lipinski definition) is 5. The van der Waals surface area contributed by atoms with Crippen molar-refractivity contribution in [3.63, 3.8) is 0 Å². The van der Waals surface area contributed by atoms with Crippen molar-refractivity contribution in [2.24, 2.45) is 0 Å². The summed E-state index contributed by atoms with van der Waals surface area (Å²) in [6.45, 7) is 0.890. The van der Waals surface area contributed by atoms with E-state index in [9.17, 15) is 18.0 Å². The van der Waals surface area contributed by atoms with E-state index in [0.717, 1.165) is 37.2 Å². The molecule has 162 valence electrons. The van der Waals surface area contributed by atoms with Crippen molar-refractivity contribution in [3.8, 4) is 11.6 Å². The van der Waals surface area contributed by atoms with Crippen LogP contribution in [0.4, 0.5) is 13.2 Å². The molecular formula is C21H24F3N3O3. The van der Waals surface area contributed by atoms with Crippen molar-refractivity contribution >= 4 is 5.91 Å². The Morgan fingerprint density at radius 1 is 1.17 bits per heavy atom. The summed E-state index contributed by atoms with van der Waals surface area (Å²) < 4.78 is 46.4. The smallest absolute Gasteiger partial charge is 0.422 e. The number of halogens is 3. The van der Waals surface area contributed by atoms with E-state index in [-0.39, 0.29) is 23.4 Å². The maximum absolute atomic E-state index is 12.5. The van der Waals surface area contributed by atoms with Gasteiger partial charge in [0.05, 0.1) is 18.7 Å². The van der Waals surface area contributed by atoms with Crippen LogP contribution in [0, 0.1) is 0 Å². The first-order valence-corrected chi connectivity index (χ1v) is 9.67. The summed E-state index contributed by atoms with van der Waals surface area (Å²) in [6, 6.07) is 10.4. The van der Waals surface area contributed by atoms with Gasteiger partial charge in [0.25, 0.3) is 5.91 Å². The maximum Gasteiger partial charge on any atom is 0.422 e. The van der Waals surface area contributed by atoms with Gasteiger partial charge in [-0.15, -0.1) is 0 Å². The lowest BCUT2D eigenvalue weighted by Gasteiger charge is -2.28. The van der Waals surface area contributed by atoms with E-state index < -0.39 is 12.8 Å². The maximum atomic E-state index is 12.5. The molecule has 1 amide bonds. The fourth-order valence-corrected chi connectivity index (χ4v) is 3.38. The number of pyridine rings is 1. The molecule has 1 aliphatic rings. The van der Waals surface area contributed by atoms with E-state index in [1.54, 1.807) is 7.11 Å². The van der Waals surface area contributed by atoms with Gasteiger partial charge in [0.2, 0.25) is 5.88 Å². The highest BCUT2D eigenvalue weighted by molar-refractivity contribution is 5.93. The highest BCUT2D eigenvalue weighted by Gasteiger charge is 2.28. The SMILES string of the molecule is COc1ccc([C@H](CNC(=O)c2ccc(OCC(F)(F)F)nc2)N2CCCC2)cc1. The van der Waals surface area contributed by atoms with Gasteiger partial charge in [-0.1, -0.05) is 12.1 Å². The van der Waals surface area contributed by atoms with Crippen LogP contribution in [0.1, 0.15) is 34.8 Å². The molecule has 1 N–H and O–H groups in total. The normalized spacial score (nSPS) is 15.6. The van der Waals surface area contributed by atoms with Crippen LogP contribution in [-0.2, 0) is 0 Å². The average molecular weight is 423 g/mol. The number of rotatable bonds is 8. The van der Waals surface area contributed by atoms with E-state index in [2.05, 4.69) is 19.9 Å². The molecule has 1 aromatic carbocycles. The summed E-state index contributed by atoms with van der Waals surface area (Å²) in [7, 11) is 1.61. The number of hydrogen-bond donors (Lipinski definition) is 1. The number of carbonyl (C=O) groups excluding carboxylic acids is 1. The molecule has 1 aliphatic heterocycles. The Balaban J connectivity index is 1.62. The highest BCUT2D eigenvalue weighted by Crippen LogP contribution is 2.26. The standard InChI is InChI=1S/C21H24F3N3O3/c1-29-17-7-4-15(5-8-17)18(27-10-2-3-11-27)13-26-20(28)16-6-9-19(25-12-16)30-14-21(22,23)24/h4-9,12,18H,2-3,10-11,13-14H2,1H3,(H,26,28)/t18-/m0/s1. The minimum Gasteiger partial charge on any atom is -0.497 e. The highest BCUT2D eigenvalue weighted by atomic mass is 19.4. The molecule has 0 radical (unpaired) electrons. The van der Waals surface area contributed by atoms with Gasteiger partial charge >= 0.3 is 6.18 Å². The molecule has 2 heterocycles.